The Morgan fingerprint density at radius 3 is 2.43 bits per heavy atom. The van der Waals surface area contributed by atoms with E-state index in [1.54, 1.807) is 0 Å². The molecule has 2 N–H and O–H groups in total. The fraction of sp³-hybridized carbons (Fsp3) is 0.286. The van der Waals surface area contributed by atoms with E-state index in [0.29, 0.717) is 12.2 Å². The predicted molar refractivity (Wildman–Crippen MR) is 140 cm³/mol. The van der Waals surface area contributed by atoms with Gasteiger partial charge in [0.05, 0.1) is 18.2 Å². The number of nitrogens with one attached hydrogen (secondary N) is 2. The van der Waals surface area contributed by atoms with Crippen molar-refractivity contribution in [2.75, 3.05) is 25.0 Å². The molecule has 0 radical (unpaired) electrons. The van der Waals surface area contributed by atoms with Crippen LogP contribution in [0.3, 0.4) is 0 Å². The molecule has 2 aliphatic rings. The van der Waals surface area contributed by atoms with Crippen LogP contribution >= 0.6 is 12.4 Å². The minimum absolute atomic E-state index is 0. The fourth-order valence-corrected chi connectivity index (χ4v) is 4.34. The molecular weight excluding hydrogens is 483 g/mol. The van der Waals surface area contributed by atoms with Gasteiger partial charge in [0.15, 0.2) is 0 Å². The third-order valence-electron chi connectivity index (χ3n) is 5.84. The van der Waals surface area contributed by atoms with Crippen LogP contribution in [0.15, 0.2) is 52.9 Å². The number of carbonyl (C=O) groups is 1. The van der Waals surface area contributed by atoms with Crippen LogP contribution in [0, 0.1) is 13.8 Å². The van der Waals surface area contributed by atoms with Crippen molar-refractivity contribution < 1.29 is 31.3 Å². The zero-order valence-electron chi connectivity index (χ0n) is 20.8. The lowest BCUT2D eigenvalue weighted by Crippen LogP contribution is -3.00. The minimum atomic E-state index is -0.322. The molecule has 0 saturated heterocycles. The third kappa shape index (κ3) is 5.47. The summed E-state index contributed by atoms with van der Waals surface area (Å²) >= 11 is 0. The maximum atomic E-state index is 12.9. The third-order valence-corrected chi connectivity index (χ3v) is 5.84. The number of hydrogen-bond acceptors (Lipinski definition) is 4. The molecule has 2 aromatic rings. The molecule has 0 spiro atoms. The van der Waals surface area contributed by atoms with Gasteiger partial charge in [0, 0.05) is 40.4 Å². The smallest absolute Gasteiger partial charge is 0.338 e. The molecule has 0 saturated carbocycles. The predicted octanol–water partition coefficient (Wildman–Crippen LogP) is 1.86. The van der Waals surface area contributed by atoms with Gasteiger partial charge >= 0.3 is 5.97 Å². The van der Waals surface area contributed by atoms with Crippen molar-refractivity contribution in [3.63, 3.8) is 0 Å². The van der Waals surface area contributed by atoms with Crippen LogP contribution < -0.4 is 28.1 Å². The summed E-state index contributed by atoms with van der Waals surface area (Å²) in [7, 11) is 0. The quantitative estimate of drug-likeness (QED) is 0.304. The first-order chi connectivity index (χ1) is 16.0. The number of fused-ring (bicyclic) bond motifs is 2. The van der Waals surface area contributed by atoms with Crippen molar-refractivity contribution in [1.29, 1.82) is 0 Å². The van der Waals surface area contributed by atoms with Crippen LogP contribution in [0.1, 0.15) is 42.3 Å². The second-order valence-corrected chi connectivity index (χ2v) is 8.13. The average molecular weight is 515 g/mol. The second kappa shape index (κ2) is 12.1. The van der Waals surface area contributed by atoms with E-state index in [1.807, 2.05) is 31.2 Å². The molecule has 0 aromatic heterocycles. The number of benzene rings is 3. The van der Waals surface area contributed by atoms with Crippen molar-refractivity contribution in [3.05, 3.63) is 70.6 Å². The van der Waals surface area contributed by atoms with Gasteiger partial charge in [0.25, 0.3) is 0 Å². The highest BCUT2D eigenvalue weighted by atomic mass is 35.5. The zero-order chi connectivity index (χ0) is 23.5. The molecule has 5 nitrogen and oxygen atoms in total. The lowest BCUT2D eigenvalue weighted by Gasteiger charge is -2.19. The van der Waals surface area contributed by atoms with Crippen LogP contribution in [0.25, 0.3) is 33.4 Å². The molecule has 0 bridgehead atoms. The summed E-state index contributed by atoms with van der Waals surface area (Å²) in [6, 6.07) is 16.0. The summed E-state index contributed by atoms with van der Waals surface area (Å²) in [5, 5.41) is 5.42. The highest BCUT2D eigenvalue weighted by Gasteiger charge is 2.23. The molecular formula is C28H32Cl2N2O3. The van der Waals surface area contributed by atoms with E-state index in [-0.39, 0.29) is 30.8 Å². The van der Waals surface area contributed by atoms with Crippen molar-refractivity contribution in [1.82, 2.24) is 0 Å². The zero-order valence-corrected chi connectivity index (χ0v) is 22.3. The van der Waals surface area contributed by atoms with Crippen LogP contribution in [-0.4, -0.2) is 25.7 Å². The van der Waals surface area contributed by atoms with Gasteiger partial charge in [-0.3, -0.25) is 0 Å². The molecule has 1 aliphatic heterocycles. The SMILES string of the molecule is CCNc1cc2oc3cc(=[NH+]CC)c(C)cc-3c(-c3ccccc3C(=O)OCC)c2cc1C.Cl.[Cl-]. The normalized spacial score (nSPS) is 11.2. The van der Waals surface area contributed by atoms with Gasteiger partial charge < -0.3 is 26.9 Å². The van der Waals surface area contributed by atoms with E-state index in [1.165, 1.54) is 0 Å². The van der Waals surface area contributed by atoms with Crippen molar-refractivity contribution in [2.45, 2.75) is 34.6 Å². The standard InChI is InChI=1S/C28H30N2O3.2ClH/c1-6-29-23-15-25-21(13-17(23)4)27(19-11-9-10-12-20(19)28(31)32-8-3)22-14-18(5)24(30-7-2)16-26(22)33-25;;/h9-16,29H,6-8H2,1-5H3;2*1H. The molecule has 4 rings (SSSR count). The summed E-state index contributed by atoms with van der Waals surface area (Å²) in [5.41, 5.74) is 7.38. The largest absolute Gasteiger partial charge is 1.00 e. The number of hydrogen-bond donors (Lipinski definition) is 2. The number of anilines is 1. The first kappa shape index (κ1) is 28.2. The van der Waals surface area contributed by atoms with Crippen LogP contribution in [0.4, 0.5) is 5.69 Å². The Morgan fingerprint density at radius 1 is 1.00 bits per heavy atom. The Labute approximate surface area is 218 Å². The van der Waals surface area contributed by atoms with Crippen LogP contribution in [0.2, 0.25) is 0 Å². The Hall–Kier alpha value is -3.02. The summed E-state index contributed by atoms with van der Waals surface area (Å²) < 4.78 is 11.8. The number of halogens is 2. The number of esters is 1. The van der Waals surface area contributed by atoms with Gasteiger partial charge in [-0.15, -0.1) is 12.4 Å². The molecule has 186 valence electrons. The fourth-order valence-electron chi connectivity index (χ4n) is 4.34. The second-order valence-electron chi connectivity index (χ2n) is 8.13. The Balaban J connectivity index is 0.00000216. The van der Waals surface area contributed by atoms with E-state index in [4.69, 9.17) is 9.15 Å². The molecule has 0 unspecified atom stereocenters. The molecule has 1 aliphatic carbocycles. The Morgan fingerprint density at radius 2 is 1.74 bits per heavy atom. The summed E-state index contributed by atoms with van der Waals surface area (Å²) in [5.74, 6) is 0.446. The molecule has 0 fully saturated rings. The van der Waals surface area contributed by atoms with Crippen molar-refractivity contribution in [3.8, 4) is 22.5 Å². The minimum Gasteiger partial charge on any atom is -1.00 e. The number of ether oxygens (including phenoxy) is 1. The maximum Gasteiger partial charge on any atom is 0.338 e. The van der Waals surface area contributed by atoms with E-state index in [2.05, 4.69) is 62.3 Å². The first-order valence-corrected chi connectivity index (χ1v) is 11.6. The Bertz CT molecular complexity index is 1380. The molecule has 0 atom stereocenters. The lowest BCUT2D eigenvalue weighted by atomic mass is 9.89. The average Bonchev–Trinajstić information content (AvgIpc) is 2.80. The monoisotopic (exact) mass is 514 g/mol. The van der Waals surface area contributed by atoms with Crippen molar-refractivity contribution in [2.24, 2.45) is 0 Å². The van der Waals surface area contributed by atoms with Gasteiger partial charge in [0.2, 0.25) is 5.36 Å². The van der Waals surface area contributed by atoms with Gasteiger partial charge in [0.1, 0.15) is 17.9 Å². The Kier molecular flexibility index (Phi) is 9.75. The first-order valence-electron chi connectivity index (χ1n) is 11.6. The van der Waals surface area contributed by atoms with E-state index < -0.39 is 0 Å². The summed E-state index contributed by atoms with van der Waals surface area (Å²) in [6.45, 7) is 12.1. The summed E-state index contributed by atoms with van der Waals surface area (Å²) in [4.78, 5) is 16.3. The molecule has 0 amide bonds. The van der Waals surface area contributed by atoms with Crippen LogP contribution in [0.5, 0.6) is 0 Å². The topological polar surface area (TPSA) is 65.4 Å². The molecule has 2 aromatic carbocycles. The van der Waals surface area contributed by atoms with Crippen molar-refractivity contribution >= 4 is 35.0 Å². The van der Waals surface area contributed by atoms with E-state index in [0.717, 1.165) is 68.7 Å². The van der Waals surface area contributed by atoms with Gasteiger partial charge in [-0.25, -0.2) is 9.79 Å². The summed E-state index contributed by atoms with van der Waals surface area (Å²) in [6.07, 6.45) is 0. The lowest BCUT2D eigenvalue weighted by molar-refractivity contribution is -0.496. The molecule has 1 heterocycles. The molecule has 7 heteroatoms. The van der Waals surface area contributed by atoms with E-state index in [9.17, 15) is 4.79 Å². The van der Waals surface area contributed by atoms with Gasteiger partial charge in [-0.2, -0.15) is 0 Å². The van der Waals surface area contributed by atoms with Gasteiger partial charge in [-0.1, -0.05) is 18.2 Å². The highest BCUT2D eigenvalue weighted by molar-refractivity contribution is 6.08. The number of rotatable bonds is 6. The number of aryl methyl sites for hydroxylation is 2. The number of carbonyl (C=O) groups excluding carboxylic acids is 1. The maximum absolute atomic E-state index is 12.9. The van der Waals surface area contributed by atoms with Gasteiger partial charge in [-0.05, 0) is 63.9 Å². The molecule has 35 heavy (non-hydrogen) atoms. The van der Waals surface area contributed by atoms with E-state index >= 15 is 0 Å². The van der Waals surface area contributed by atoms with Crippen LogP contribution in [-0.2, 0) is 4.74 Å². The highest BCUT2D eigenvalue weighted by Crippen LogP contribution is 2.42.